The molecule has 0 saturated carbocycles. The van der Waals surface area contributed by atoms with Crippen molar-refractivity contribution in [3.63, 3.8) is 0 Å². The van der Waals surface area contributed by atoms with E-state index in [1.807, 2.05) is 109 Å². The first-order chi connectivity index (χ1) is 49.6. The van der Waals surface area contributed by atoms with E-state index in [-0.39, 0.29) is 0 Å². The van der Waals surface area contributed by atoms with Crippen LogP contribution in [0.5, 0.6) is 0 Å². The molecule has 18 aromatic rings. The summed E-state index contributed by atoms with van der Waals surface area (Å²) >= 11 is 0. The average molecular weight is 1280 g/mol. The van der Waals surface area contributed by atoms with Gasteiger partial charge in [-0.1, -0.05) is 243 Å². The standard InChI is InChI=1S/C46H30N4.C45H29N5/c1-3-11-34(12-4-1)42-29-43(50-46(49-42)36-13-5-2-6-14-36)35-26-22-32(23-27-35)31-20-24-33(25-21-31)38-17-9-18-40-44(38)39-16-7-8-19-41(39)48-45(40)37-15-10-28-47-30-37;1-2-13-39-37(10-1)44-36(11-7-12-38(44)45(50-39)34-9-8-24-46-29-34)33-22-20-31(21-23-33)30-16-18-32(19-17-30)35-27-42(40-14-3-5-25-47-40)49-43(28-35)41-15-4-6-26-48-41/h1-30H;1-29H. The van der Waals surface area contributed by atoms with Crippen molar-refractivity contribution < 1.29 is 0 Å². The van der Waals surface area contributed by atoms with Gasteiger partial charge in [0, 0.05) is 97.3 Å². The van der Waals surface area contributed by atoms with Gasteiger partial charge < -0.3 is 0 Å². The second kappa shape index (κ2) is 26.9. The summed E-state index contributed by atoms with van der Waals surface area (Å²) in [6.45, 7) is 0. The van der Waals surface area contributed by atoms with Gasteiger partial charge in [0.2, 0.25) is 0 Å². The van der Waals surface area contributed by atoms with Gasteiger partial charge in [-0.2, -0.15) is 0 Å². The first kappa shape index (κ1) is 60.1. The summed E-state index contributed by atoms with van der Waals surface area (Å²) in [5.41, 5.74) is 25.5. The van der Waals surface area contributed by atoms with E-state index in [0.29, 0.717) is 5.82 Å². The van der Waals surface area contributed by atoms with Crippen molar-refractivity contribution in [2.75, 3.05) is 0 Å². The summed E-state index contributed by atoms with van der Waals surface area (Å²) < 4.78 is 0. The second-order valence-corrected chi connectivity index (χ2v) is 24.5. The highest BCUT2D eigenvalue weighted by Crippen LogP contribution is 2.42. The number of benzene rings is 10. The molecule has 0 saturated heterocycles. The van der Waals surface area contributed by atoms with Crippen LogP contribution in [0.2, 0.25) is 0 Å². The Morgan fingerprint density at radius 3 is 0.990 bits per heavy atom. The monoisotopic (exact) mass is 1280 g/mol. The molecule has 0 amide bonds. The lowest BCUT2D eigenvalue weighted by molar-refractivity contribution is 1.18. The smallest absolute Gasteiger partial charge is 0.160 e. The summed E-state index contributed by atoms with van der Waals surface area (Å²) in [7, 11) is 0. The third-order valence-electron chi connectivity index (χ3n) is 18.3. The van der Waals surface area contributed by atoms with Crippen LogP contribution < -0.4 is 0 Å². The van der Waals surface area contributed by atoms with E-state index in [4.69, 9.17) is 24.9 Å². The van der Waals surface area contributed by atoms with Crippen LogP contribution >= 0.6 is 0 Å². The molecule has 8 aromatic heterocycles. The van der Waals surface area contributed by atoms with Crippen molar-refractivity contribution in [2.24, 2.45) is 0 Å². The molecule has 0 aliphatic rings. The molecule has 9 nitrogen and oxygen atoms in total. The van der Waals surface area contributed by atoms with Gasteiger partial charge >= 0.3 is 0 Å². The SMILES string of the molecule is c1ccc(-c2cc(-c3ccc(-c4ccc(-c5cccc6c(-c7cccnc7)nc7ccccc7c56)cc4)cc3)cc(-c3ccccn3)n2)nc1.c1ccc(-c2cc(-c3ccc(-c4ccc(-c5cccc6c(-c7cccnc7)nc7ccccc7c56)cc4)cc3)nc(-c3ccccc3)n2)cc1. The molecule has 8 heterocycles. The first-order valence-electron chi connectivity index (χ1n) is 33.3. The summed E-state index contributed by atoms with van der Waals surface area (Å²) in [6, 6.07) is 111. The van der Waals surface area contributed by atoms with Crippen molar-refractivity contribution in [3.8, 4) is 135 Å². The van der Waals surface area contributed by atoms with Gasteiger partial charge in [0.15, 0.2) is 5.82 Å². The molecule has 0 fully saturated rings. The second-order valence-electron chi connectivity index (χ2n) is 24.5. The highest BCUT2D eigenvalue weighted by molar-refractivity contribution is 6.18. The van der Waals surface area contributed by atoms with Crippen LogP contribution in [0.4, 0.5) is 0 Å². The molecular weight excluding hydrogens is 1220 g/mol. The lowest BCUT2D eigenvalue weighted by Crippen LogP contribution is -1.95. The minimum atomic E-state index is 0.714. The number of aromatic nitrogens is 9. The molecular formula is C91H59N9. The molecule has 0 spiro atoms. The molecule has 0 bridgehead atoms. The van der Waals surface area contributed by atoms with E-state index in [2.05, 4.69) is 244 Å². The van der Waals surface area contributed by atoms with Gasteiger partial charge in [0.25, 0.3) is 0 Å². The van der Waals surface area contributed by atoms with Gasteiger partial charge in [0.1, 0.15) is 0 Å². The number of nitrogens with zero attached hydrogens (tertiary/aromatic N) is 9. The maximum absolute atomic E-state index is 5.08. The van der Waals surface area contributed by atoms with Crippen LogP contribution in [0.1, 0.15) is 0 Å². The lowest BCUT2D eigenvalue weighted by atomic mass is 9.92. The van der Waals surface area contributed by atoms with Crippen LogP contribution in [0, 0.1) is 0 Å². The number of fused-ring (bicyclic) bond motifs is 6. The Morgan fingerprint density at radius 1 is 0.190 bits per heavy atom. The Balaban J connectivity index is 0.000000150. The Morgan fingerprint density at radius 2 is 0.560 bits per heavy atom. The van der Waals surface area contributed by atoms with Gasteiger partial charge in [-0.3, -0.25) is 19.9 Å². The quantitative estimate of drug-likeness (QED) is 0.110. The Labute approximate surface area is 578 Å². The fraction of sp³-hybridized carbons (Fsp3) is 0. The molecule has 468 valence electrons. The normalized spacial score (nSPS) is 11.2. The molecule has 0 radical (unpaired) electrons. The predicted octanol–water partition coefficient (Wildman–Crippen LogP) is 22.5. The van der Waals surface area contributed by atoms with E-state index in [0.717, 1.165) is 150 Å². The molecule has 9 heteroatoms. The zero-order chi connectivity index (χ0) is 66.6. The van der Waals surface area contributed by atoms with E-state index >= 15 is 0 Å². The third kappa shape index (κ3) is 12.1. The van der Waals surface area contributed by atoms with Crippen molar-refractivity contribution in [1.82, 2.24) is 44.9 Å². The molecule has 10 aromatic carbocycles. The fourth-order valence-corrected chi connectivity index (χ4v) is 13.4. The topological polar surface area (TPSA) is 116 Å². The molecule has 0 unspecified atom stereocenters. The maximum atomic E-state index is 5.08. The molecule has 0 N–H and O–H groups in total. The van der Waals surface area contributed by atoms with E-state index < -0.39 is 0 Å². The minimum Gasteiger partial charge on any atom is -0.264 e. The molecule has 0 aliphatic carbocycles. The van der Waals surface area contributed by atoms with Crippen LogP contribution in [0.15, 0.2) is 359 Å². The molecule has 100 heavy (non-hydrogen) atoms. The summed E-state index contributed by atoms with van der Waals surface area (Å²) in [4.78, 5) is 42.9. The van der Waals surface area contributed by atoms with Crippen molar-refractivity contribution in [2.45, 2.75) is 0 Å². The number of pyridine rings is 7. The molecule has 0 aliphatic heterocycles. The predicted molar refractivity (Wildman–Crippen MR) is 408 cm³/mol. The summed E-state index contributed by atoms with van der Waals surface area (Å²) in [6.07, 6.45) is 11.0. The van der Waals surface area contributed by atoms with Gasteiger partial charge in [-0.05, 0) is 134 Å². The Kier molecular flexibility index (Phi) is 16.1. The number of rotatable bonds is 12. The number of hydrogen-bond acceptors (Lipinski definition) is 9. The molecule has 0 atom stereocenters. The van der Waals surface area contributed by atoms with Crippen LogP contribution in [-0.4, -0.2) is 44.9 Å². The minimum absolute atomic E-state index is 0.714. The number of para-hydroxylation sites is 2. The summed E-state index contributed by atoms with van der Waals surface area (Å²) in [5.74, 6) is 0.714. The fourth-order valence-electron chi connectivity index (χ4n) is 13.4. The highest BCUT2D eigenvalue weighted by atomic mass is 14.9. The van der Waals surface area contributed by atoms with Crippen LogP contribution in [0.3, 0.4) is 0 Å². The Hall–Kier alpha value is -13.6. The highest BCUT2D eigenvalue weighted by Gasteiger charge is 2.19. The van der Waals surface area contributed by atoms with E-state index in [1.165, 1.54) is 21.9 Å². The Bertz CT molecular complexity index is 5460. The number of hydrogen-bond donors (Lipinski definition) is 0. The van der Waals surface area contributed by atoms with Crippen molar-refractivity contribution in [3.05, 3.63) is 359 Å². The maximum Gasteiger partial charge on any atom is 0.160 e. The van der Waals surface area contributed by atoms with E-state index in [1.54, 1.807) is 24.8 Å². The average Bonchev–Trinajstić information content (AvgIpc) is 0.751. The van der Waals surface area contributed by atoms with E-state index in [9.17, 15) is 0 Å². The summed E-state index contributed by atoms with van der Waals surface area (Å²) in [5, 5.41) is 6.90. The van der Waals surface area contributed by atoms with Crippen molar-refractivity contribution in [1.29, 1.82) is 0 Å². The van der Waals surface area contributed by atoms with Gasteiger partial charge in [-0.15, -0.1) is 0 Å². The van der Waals surface area contributed by atoms with Crippen molar-refractivity contribution >= 4 is 43.4 Å². The van der Waals surface area contributed by atoms with Crippen LogP contribution in [-0.2, 0) is 0 Å². The van der Waals surface area contributed by atoms with Gasteiger partial charge in [0.05, 0.1) is 56.6 Å². The van der Waals surface area contributed by atoms with Crippen LogP contribution in [0.25, 0.3) is 178 Å². The first-order valence-corrected chi connectivity index (χ1v) is 33.3. The lowest BCUT2D eigenvalue weighted by Gasteiger charge is -2.14. The zero-order valence-electron chi connectivity index (χ0n) is 54.1. The largest absolute Gasteiger partial charge is 0.264 e. The third-order valence-corrected chi connectivity index (χ3v) is 18.3. The molecule has 18 rings (SSSR count). The zero-order valence-corrected chi connectivity index (χ0v) is 54.1. The van der Waals surface area contributed by atoms with Gasteiger partial charge in [-0.25, -0.2) is 24.9 Å².